The molecule has 0 radical (unpaired) electrons. The van der Waals surface area contributed by atoms with Crippen LogP contribution in [0.15, 0.2) is 66.0 Å². The van der Waals surface area contributed by atoms with E-state index in [0.717, 1.165) is 38.2 Å². The average Bonchev–Trinajstić information content (AvgIpc) is 3.37. The van der Waals surface area contributed by atoms with E-state index in [9.17, 15) is 4.79 Å². The number of nitrogens with one attached hydrogen (secondary N) is 1. The number of ether oxygens (including phenoxy) is 1. The maximum absolute atomic E-state index is 13.4. The van der Waals surface area contributed by atoms with Crippen molar-refractivity contribution >= 4 is 28.6 Å². The molecule has 2 atom stereocenters. The molecular weight excluding hydrogens is 418 g/mol. The van der Waals surface area contributed by atoms with E-state index in [4.69, 9.17) is 4.74 Å². The Morgan fingerprint density at radius 3 is 2.78 bits per heavy atom. The number of carbonyl (C=O) groups is 1. The van der Waals surface area contributed by atoms with Crippen molar-refractivity contribution in [3.05, 3.63) is 76.5 Å². The largest absolute Gasteiger partial charge is 0.497 e. The molecule has 0 aliphatic carbocycles. The average molecular weight is 448 g/mol. The first-order valence-corrected chi connectivity index (χ1v) is 12.1. The molecule has 0 bridgehead atoms. The number of benzene rings is 2. The number of carbonyl (C=O) groups excluding carboxylic acids is 1. The fourth-order valence-corrected chi connectivity index (χ4v) is 5.68. The van der Waals surface area contributed by atoms with Gasteiger partial charge in [0.05, 0.1) is 19.1 Å². The Morgan fingerprint density at radius 2 is 2.00 bits per heavy atom. The van der Waals surface area contributed by atoms with Crippen LogP contribution in [-0.2, 0) is 17.6 Å². The summed E-state index contributed by atoms with van der Waals surface area (Å²) in [5, 5.41) is 5.31. The SMILES string of the molecule is COc1ccc2c(c1)N1CCN(c3ccccc3)C[C@@H]1[C@H](C(=O)NCCc1cccs1)C2. The standard InChI is InChI=1S/C26H29N3O2S/c1-31-21-10-9-19-16-23(26(30)27-12-11-22-8-5-15-32-22)25-18-28(20-6-3-2-4-7-20)13-14-29(25)24(19)17-21/h2-10,15,17,23,25H,11-14,16,18H2,1H3,(H,27,30)/t23-,25-/m1/s1. The molecule has 3 heterocycles. The fourth-order valence-electron chi connectivity index (χ4n) is 4.97. The Balaban J connectivity index is 1.38. The van der Waals surface area contributed by atoms with Crippen LogP contribution in [-0.4, -0.2) is 45.2 Å². The van der Waals surface area contributed by atoms with E-state index < -0.39 is 0 Å². The van der Waals surface area contributed by atoms with E-state index in [-0.39, 0.29) is 17.9 Å². The molecule has 0 saturated carbocycles. The highest BCUT2D eigenvalue weighted by atomic mass is 32.1. The fraction of sp³-hybridized carbons (Fsp3) is 0.346. The minimum absolute atomic E-state index is 0.0780. The molecule has 5 rings (SSSR count). The summed E-state index contributed by atoms with van der Waals surface area (Å²) < 4.78 is 5.50. The van der Waals surface area contributed by atoms with Crippen LogP contribution >= 0.6 is 11.3 Å². The molecule has 5 nitrogen and oxygen atoms in total. The highest BCUT2D eigenvalue weighted by Gasteiger charge is 2.41. The van der Waals surface area contributed by atoms with Crippen molar-refractivity contribution in [2.24, 2.45) is 5.92 Å². The van der Waals surface area contributed by atoms with E-state index in [1.165, 1.54) is 21.8 Å². The van der Waals surface area contributed by atoms with Gasteiger partial charge in [-0.2, -0.15) is 0 Å². The van der Waals surface area contributed by atoms with Gasteiger partial charge in [-0.15, -0.1) is 11.3 Å². The number of hydrogen-bond acceptors (Lipinski definition) is 5. The quantitative estimate of drug-likeness (QED) is 0.621. The number of thiophene rings is 1. The lowest BCUT2D eigenvalue weighted by Crippen LogP contribution is -2.61. The minimum Gasteiger partial charge on any atom is -0.497 e. The molecule has 1 fully saturated rings. The van der Waals surface area contributed by atoms with Crippen LogP contribution in [0.25, 0.3) is 0 Å². The summed E-state index contributed by atoms with van der Waals surface area (Å²) in [6.45, 7) is 3.34. The van der Waals surface area contributed by atoms with Gasteiger partial charge in [-0.25, -0.2) is 0 Å². The molecule has 1 N–H and O–H groups in total. The molecule has 2 aromatic carbocycles. The van der Waals surface area contributed by atoms with Crippen molar-refractivity contribution < 1.29 is 9.53 Å². The third-order valence-corrected chi connectivity index (χ3v) is 7.57. The maximum atomic E-state index is 13.4. The Bertz CT molecular complexity index is 1050. The number of fused-ring (bicyclic) bond motifs is 3. The number of rotatable bonds is 6. The summed E-state index contributed by atoms with van der Waals surface area (Å²) in [5.74, 6) is 0.950. The number of hydrogen-bond donors (Lipinski definition) is 1. The second-order valence-corrected chi connectivity index (χ2v) is 9.50. The number of anilines is 2. The highest BCUT2D eigenvalue weighted by molar-refractivity contribution is 7.09. The van der Waals surface area contributed by atoms with Gasteiger partial charge in [-0.3, -0.25) is 4.79 Å². The molecule has 3 aromatic rings. The molecule has 0 spiro atoms. The van der Waals surface area contributed by atoms with Crippen molar-refractivity contribution in [2.75, 3.05) is 43.1 Å². The van der Waals surface area contributed by atoms with E-state index in [0.29, 0.717) is 6.54 Å². The Morgan fingerprint density at radius 1 is 1.12 bits per heavy atom. The molecule has 0 unspecified atom stereocenters. The number of piperazine rings is 1. The van der Waals surface area contributed by atoms with E-state index in [2.05, 4.69) is 69.0 Å². The summed E-state index contributed by atoms with van der Waals surface area (Å²) in [6, 6.07) is 21.1. The molecule has 2 aliphatic rings. The molecule has 166 valence electrons. The van der Waals surface area contributed by atoms with Gasteiger partial charge in [0.1, 0.15) is 5.75 Å². The van der Waals surface area contributed by atoms with Crippen molar-refractivity contribution in [2.45, 2.75) is 18.9 Å². The third-order valence-electron chi connectivity index (χ3n) is 6.63. The van der Waals surface area contributed by atoms with Gasteiger partial charge in [0.25, 0.3) is 0 Å². The summed E-state index contributed by atoms with van der Waals surface area (Å²) >= 11 is 1.74. The van der Waals surface area contributed by atoms with Gasteiger partial charge in [0.15, 0.2) is 0 Å². The molecule has 6 heteroatoms. The van der Waals surface area contributed by atoms with E-state index in [1.54, 1.807) is 18.4 Å². The van der Waals surface area contributed by atoms with Crippen molar-refractivity contribution in [3.8, 4) is 5.75 Å². The number of para-hydroxylation sites is 1. The lowest BCUT2D eigenvalue weighted by Gasteiger charge is -2.49. The monoisotopic (exact) mass is 447 g/mol. The van der Waals surface area contributed by atoms with Gasteiger partial charge < -0.3 is 19.9 Å². The summed E-state index contributed by atoms with van der Waals surface area (Å²) in [4.78, 5) is 19.5. The van der Waals surface area contributed by atoms with Gasteiger partial charge in [0.2, 0.25) is 5.91 Å². The predicted molar refractivity (Wildman–Crippen MR) is 131 cm³/mol. The predicted octanol–water partition coefficient (Wildman–Crippen LogP) is 3.98. The Kier molecular flexibility index (Phi) is 6.04. The molecule has 2 aliphatic heterocycles. The Labute approximate surface area is 193 Å². The zero-order chi connectivity index (χ0) is 21.9. The molecule has 32 heavy (non-hydrogen) atoms. The van der Waals surface area contributed by atoms with Crippen molar-refractivity contribution in [1.82, 2.24) is 5.32 Å². The Hall–Kier alpha value is -2.99. The zero-order valence-electron chi connectivity index (χ0n) is 18.4. The summed E-state index contributed by atoms with van der Waals surface area (Å²) in [6.07, 6.45) is 1.64. The topological polar surface area (TPSA) is 44.8 Å². The highest BCUT2D eigenvalue weighted by Crippen LogP contribution is 2.38. The smallest absolute Gasteiger partial charge is 0.225 e. The van der Waals surface area contributed by atoms with Crippen LogP contribution in [0.2, 0.25) is 0 Å². The van der Waals surface area contributed by atoms with Crippen molar-refractivity contribution in [1.29, 1.82) is 0 Å². The zero-order valence-corrected chi connectivity index (χ0v) is 19.2. The van der Waals surface area contributed by atoms with Crippen LogP contribution < -0.4 is 19.9 Å². The second kappa shape index (κ2) is 9.25. The molecule has 1 amide bonds. The van der Waals surface area contributed by atoms with Crippen LogP contribution in [0.3, 0.4) is 0 Å². The first-order valence-electron chi connectivity index (χ1n) is 11.3. The summed E-state index contributed by atoms with van der Waals surface area (Å²) in [5.41, 5.74) is 3.67. The first-order chi connectivity index (χ1) is 15.7. The first kappa shape index (κ1) is 20.9. The van der Waals surface area contributed by atoms with Gasteiger partial charge in [0, 0.05) is 48.5 Å². The van der Waals surface area contributed by atoms with Crippen LogP contribution in [0.5, 0.6) is 5.75 Å². The van der Waals surface area contributed by atoms with Gasteiger partial charge in [-0.05, 0) is 48.1 Å². The van der Waals surface area contributed by atoms with Crippen LogP contribution in [0, 0.1) is 5.92 Å². The maximum Gasteiger partial charge on any atom is 0.225 e. The molecule has 1 saturated heterocycles. The number of nitrogens with zero attached hydrogens (tertiary/aromatic N) is 2. The van der Waals surface area contributed by atoms with E-state index in [1.807, 2.05) is 12.1 Å². The number of methoxy groups -OCH3 is 1. The van der Waals surface area contributed by atoms with E-state index >= 15 is 0 Å². The van der Waals surface area contributed by atoms with Crippen molar-refractivity contribution in [3.63, 3.8) is 0 Å². The third kappa shape index (κ3) is 4.19. The molecular formula is C26H29N3O2S. The normalized spacial score (nSPS) is 19.8. The lowest BCUT2D eigenvalue weighted by atomic mass is 9.83. The minimum atomic E-state index is -0.0780. The summed E-state index contributed by atoms with van der Waals surface area (Å²) in [7, 11) is 1.71. The molecule has 1 aromatic heterocycles. The lowest BCUT2D eigenvalue weighted by molar-refractivity contribution is -0.125. The number of amides is 1. The van der Waals surface area contributed by atoms with Crippen LogP contribution in [0.4, 0.5) is 11.4 Å². The van der Waals surface area contributed by atoms with Crippen LogP contribution in [0.1, 0.15) is 10.4 Å². The van der Waals surface area contributed by atoms with Gasteiger partial charge >= 0.3 is 0 Å². The second-order valence-electron chi connectivity index (χ2n) is 8.47. The van der Waals surface area contributed by atoms with Gasteiger partial charge in [-0.1, -0.05) is 30.3 Å².